The summed E-state index contributed by atoms with van der Waals surface area (Å²) in [5.74, 6) is -0.736. The highest BCUT2D eigenvalue weighted by molar-refractivity contribution is 6.07. The van der Waals surface area contributed by atoms with Crippen molar-refractivity contribution in [3.8, 4) is 0 Å². The lowest BCUT2D eigenvalue weighted by molar-refractivity contribution is -0.112. The first-order valence-corrected chi connectivity index (χ1v) is 7.72. The zero-order valence-corrected chi connectivity index (χ0v) is 14.1. The summed E-state index contributed by atoms with van der Waals surface area (Å²) in [7, 11) is 0. The van der Waals surface area contributed by atoms with Gasteiger partial charge in [0, 0.05) is 11.3 Å². The molecule has 3 amide bonds. The van der Waals surface area contributed by atoms with E-state index in [4.69, 9.17) is 5.73 Å². The van der Waals surface area contributed by atoms with Crippen LogP contribution >= 0.6 is 0 Å². The lowest BCUT2D eigenvalue weighted by Crippen LogP contribution is -2.15. The fraction of sp³-hybridized carbons (Fsp3) is 0.0526. The summed E-state index contributed by atoms with van der Waals surface area (Å²) in [6.45, 7) is 1.38. The molecule has 2 rings (SSSR count). The summed E-state index contributed by atoms with van der Waals surface area (Å²) in [4.78, 5) is 23.4. The monoisotopic (exact) mass is 350 g/mol. The van der Waals surface area contributed by atoms with E-state index in [9.17, 15) is 14.7 Å². The second-order valence-electron chi connectivity index (χ2n) is 5.25. The van der Waals surface area contributed by atoms with E-state index >= 15 is 0 Å². The van der Waals surface area contributed by atoms with Crippen LogP contribution in [-0.4, -0.2) is 17.0 Å². The highest BCUT2D eigenvalue weighted by Gasteiger charge is 2.13. The number of allylic oxidation sites excluding steroid dienone is 1. The third kappa shape index (κ3) is 5.41. The smallest absolute Gasteiger partial charge is 0.356 e. The first-order chi connectivity index (χ1) is 12.5. The summed E-state index contributed by atoms with van der Waals surface area (Å²) in [5, 5.41) is 19.7. The van der Waals surface area contributed by atoms with Gasteiger partial charge in [-0.15, -0.1) is 5.11 Å². The fourth-order valence-electron chi connectivity index (χ4n) is 2.07. The molecule has 7 nitrogen and oxygen atoms in total. The quantitative estimate of drug-likeness (QED) is 0.327. The van der Waals surface area contributed by atoms with Crippen molar-refractivity contribution in [1.29, 1.82) is 0 Å². The Balaban J connectivity index is 2.41. The van der Waals surface area contributed by atoms with Crippen molar-refractivity contribution in [1.82, 2.24) is 0 Å². The average Bonchev–Trinajstić information content (AvgIpc) is 2.62. The molecule has 0 aliphatic rings. The van der Waals surface area contributed by atoms with Gasteiger partial charge in [-0.05, 0) is 25.1 Å². The number of urea groups is 1. The van der Waals surface area contributed by atoms with Gasteiger partial charge < -0.3 is 16.2 Å². The maximum absolute atomic E-state index is 12.5. The van der Waals surface area contributed by atoms with Gasteiger partial charge in [-0.3, -0.25) is 4.79 Å². The normalized spacial score (nSPS) is 12.6. The number of nitrogens with two attached hydrogens (primary N) is 1. The molecule has 0 aliphatic carbocycles. The third-order valence-corrected chi connectivity index (χ3v) is 3.27. The van der Waals surface area contributed by atoms with E-state index in [0.29, 0.717) is 11.3 Å². The van der Waals surface area contributed by atoms with Crippen molar-refractivity contribution in [2.45, 2.75) is 6.92 Å². The fourth-order valence-corrected chi connectivity index (χ4v) is 2.07. The number of carbonyl (C=O) groups is 2. The van der Waals surface area contributed by atoms with Crippen molar-refractivity contribution < 1.29 is 14.7 Å². The molecule has 0 spiro atoms. The summed E-state index contributed by atoms with van der Waals surface area (Å²) in [6, 6.07) is 16.6. The average molecular weight is 350 g/mol. The highest BCUT2D eigenvalue weighted by atomic mass is 16.3. The number of amides is 3. The Morgan fingerprint density at radius 1 is 1.00 bits per heavy atom. The lowest BCUT2D eigenvalue weighted by atomic mass is 10.1. The van der Waals surface area contributed by atoms with E-state index in [2.05, 4.69) is 15.5 Å². The Bertz CT molecular complexity index is 868. The summed E-state index contributed by atoms with van der Waals surface area (Å²) in [5.41, 5.74) is 6.37. The second-order valence-corrected chi connectivity index (χ2v) is 5.25. The van der Waals surface area contributed by atoms with E-state index in [1.54, 1.807) is 48.5 Å². The number of hydrogen-bond acceptors (Lipinski definition) is 4. The molecule has 0 atom stereocenters. The lowest BCUT2D eigenvalue weighted by Gasteiger charge is -2.08. The van der Waals surface area contributed by atoms with Gasteiger partial charge in [0.2, 0.25) is 0 Å². The Hall–Kier alpha value is -3.74. The molecule has 26 heavy (non-hydrogen) atoms. The van der Waals surface area contributed by atoms with Crippen LogP contribution in [0.4, 0.5) is 10.5 Å². The number of primary amides is 1. The van der Waals surface area contributed by atoms with Crippen LogP contribution in [-0.2, 0) is 4.79 Å². The van der Waals surface area contributed by atoms with Gasteiger partial charge in [0.05, 0.1) is 11.3 Å². The van der Waals surface area contributed by atoms with Gasteiger partial charge >= 0.3 is 6.03 Å². The van der Waals surface area contributed by atoms with Crippen molar-refractivity contribution in [2.24, 2.45) is 16.0 Å². The van der Waals surface area contributed by atoms with E-state index in [1.165, 1.54) is 13.0 Å². The van der Waals surface area contributed by atoms with Crippen LogP contribution in [0.25, 0.3) is 5.70 Å². The summed E-state index contributed by atoms with van der Waals surface area (Å²) in [6.07, 6.45) is 1.34. The van der Waals surface area contributed by atoms with Gasteiger partial charge in [-0.2, -0.15) is 0 Å². The Kier molecular flexibility index (Phi) is 6.39. The van der Waals surface area contributed by atoms with Crippen molar-refractivity contribution >= 4 is 23.3 Å². The van der Waals surface area contributed by atoms with Gasteiger partial charge in [0.15, 0.2) is 0 Å². The van der Waals surface area contributed by atoms with Crippen molar-refractivity contribution in [2.75, 3.05) is 5.32 Å². The number of aliphatic hydroxyl groups excluding tert-OH is 1. The standard InChI is InChI=1S/C19H18N4O3/c1-13(24)16(18(25)21-15-10-6-3-7-11-15)12-17(22-23-19(20)26)14-8-4-2-5-9-14/h2-12,24H,1H3,(H2,20,26)(H,21,25)/b16-13+,17-12-,23-22?. The number of anilines is 1. The van der Waals surface area contributed by atoms with Crippen molar-refractivity contribution in [3.63, 3.8) is 0 Å². The predicted molar refractivity (Wildman–Crippen MR) is 99.3 cm³/mol. The Morgan fingerprint density at radius 2 is 1.58 bits per heavy atom. The molecule has 2 aromatic rings. The van der Waals surface area contributed by atoms with Crippen LogP contribution < -0.4 is 11.1 Å². The van der Waals surface area contributed by atoms with E-state index in [1.807, 2.05) is 12.1 Å². The van der Waals surface area contributed by atoms with E-state index < -0.39 is 11.9 Å². The number of rotatable bonds is 5. The van der Waals surface area contributed by atoms with E-state index in [0.717, 1.165) is 0 Å². The molecular formula is C19H18N4O3. The second kappa shape index (κ2) is 8.93. The number of nitrogens with one attached hydrogen (secondary N) is 1. The molecule has 0 aromatic heterocycles. The maximum Gasteiger partial charge on any atom is 0.356 e. The number of para-hydroxylation sites is 1. The van der Waals surface area contributed by atoms with Crippen LogP contribution in [0, 0.1) is 0 Å². The zero-order chi connectivity index (χ0) is 18.9. The van der Waals surface area contributed by atoms with Crippen molar-refractivity contribution in [3.05, 3.63) is 83.6 Å². The van der Waals surface area contributed by atoms with Crippen LogP contribution in [0.1, 0.15) is 12.5 Å². The molecule has 7 heteroatoms. The van der Waals surface area contributed by atoms with Gasteiger partial charge in [0.25, 0.3) is 5.91 Å². The summed E-state index contributed by atoms with van der Waals surface area (Å²) >= 11 is 0. The largest absolute Gasteiger partial charge is 0.512 e. The molecule has 0 bridgehead atoms. The highest BCUT2D eigenvalue weighted by Crippen LogP contribution is 2.21. The van der Waals surface area contributed by atoms with Gasteiger partial charge in [-0.1, -0.05) is 53.6 Å². The summed E-state index contributed by atoms with van der Waals surface area (Å²) < 4.78 is 0. The number of carbonyl (C=O) groups excluding carboxylic acids is 2. The molecule has 4 N–H and O–H groups in total. The SMILES string of the molecule is C/C(O)=C(/C=C(\N=NC(N)=O)c1ccccc1)C(=O)Nc1ccccc1. The predicted octanol–water partition coefficient (Wildman–Crippen LogP) is 4.03. The molecule has 132 valence electrons. The molecule has 0 heterocycles. The number of nitrogens with zero attached hydrogens (tertiary/aromatic N) is 2. The minimum atomic E-state index is -0.966. The minimum absolute atomic E-state index is 0.0175. The van der Waals surface area contributed by atoms with Crippen LogP contribution in [0.3, 0.4) is 0 Å². The number of hydrogen-bond donors (Lipinski definition) is 3. The number of benzene rings is 2. The molecule has 0 fully saturated rings. The first-order valence-electron chi connectivity index (χ1n) is 7.72. The molecule has 2 aromatic carbocycles. The van der Waals surface area contributed by atoms with Crippen LogP contribution in [0.2, 0.25) is 0 Å². The first kappa shape index (κ1) is 18.6. The molecular weight excluding hydrogens is 332 g/mol. The zero-order valence-electron chi connectivity index (χ0n) is 14.1. The Morgan fingerprint density at radius 3 is 2.12 bits per heavy atom. The third-order valence-electron chi connectivity index (χ3n) is 3.27. The molecule has 0 saturated carbocycles. The topological polar surface area (TPSA) is 117 Å². The Labute approximate surface area is 150 Å². The van der Waals surface area contributed by atoms with Crippen LogP contribution in [0.15, 0.2) is 88.3 Å². The van der Waals surface area contributed by atoms with E-state index in [-0.39, 0.29) is 17.0 Å². The maximum atomic E-state index is 12.5. The number of azo groups is 1. The van der Waals surface area contributed by atoms with Gasteiger partial charge in [-0.25, -0.2) is 4.79 Å². The molecule has 0 aliphatic heterocycles. The molecule has 0 saturated heterocycles. The molecule has 0 radical (unpaired) electrons. The van der Waals surface area contributed by atoms with Gasteiger partial charge in [0.1, 0.15) is 5.76 Å². The minimum Gasteiger partial charge on any atom is -0.512 e. The van der Waals surface area contributed by atoms with Crippen LogP contribution in [0.5, 0.6) is 0 Å². The molecule has 0 unspecified atom stereocenters. The number of aliphatic hydroxyl groups is 1.